The Kier molecular flexibility index (Phi) is 5.55. The molecule has 6 nitrogen and oxygen atoms in total. The van der Waals surface area contributed by atoms with Gasteiger partial charge in [-0.1, -0.05) is 58.4 Å². The maximum Gasteiger partial charge on any atom is 0.246 e. The molecule has 0 atom stereocenters. The number of nitrogens with zero attached hydrogens (tertiary/aromatic N) is 5. The maximum absolute atomic E-state index is 12.5. The largest absolute Gasteiger partial charge is 0.337 e. The van der Waals surface area contributed by atoms with Crippen LogP contribution in [0.4, 0.5) is 0 Å². The summed E-state index contributed by atoms with van der Waals surface area (Å²) in [4.78, 5) is 15.7. The van der Waals surface area contributed by atoms with Gasteiger partial charge in [-0.05, 0) is 29.8 Å². The van der Waals surface area contributed by atoms with Crippen molar-refractivity contribution in [2.45, 2.75) is 20.0 Å². The molecule has 7 heteroatoms. The Hall–Kier alpha value is -2.54. The number of benzene rings is 2. The molecule has 1 heterocycles. The Morgan fingerprint density at radius 2 is 1.84 bits per heavy atom. The first-order valence-corrected chi connectivity index (χ1v) is 8.81. The second kappa shape index (κ2) is 8.02. The Balaban J connectivity index is 1.69. The third-order valence-corrected chi connectivity index (χ3v) is 4.49. The first kappa shape index (κ1) is 17.3. The van der Waals surface area contributed by atoms with Crippen molar-refractivity contribution in [3.05, 3.63) is 64.6 Å². The van der Waals surface area contributed by atoms with Gasteiger partial charge in [0, 0.05) is 23.1 Å². The summed E-state index contributed by atoms with van der Waals surface area (Å²) in [5.74, 6) is 0.453. The molecule has 0 aliphatic heterocycles. The Morgan fingerprint density at radius 3 is 2.56 bits per heavy atom. The third-order valence-electron chi connectivity index (χ3n) is 3.79. The molecule has 1 amide bonds. The van der Waals surface area contributed by atoms with Crippen molar-refractivity contribution in [1.29, 1.82) is 0 Å². The van der Waals surface area contributed by atoms with Gasteiger partial charge in [0.05, 0.1) is 0 Å². The fourth-order valence-electron chi connectivity index (χ4n) is 2.46. The summed E-state index contributed by atoms with van der Waals surface area (Å²) in [6, 6.07) is 17.6. The summed E-state index contributed by atoms with van der Waals surface area (Å²) in [6.07, 6.45) is 0. The molecule has 0 N–H and O–H groups in total. The average Bonchev–Trinajstić information content (AvgIpc) is 3.09. The van der Waals surface area contributed by atoms with Gasteiger partial charge in [-0.15, -0.1) is 10.2 Å². The van der Waals surface area contributed by atoms with Crippen molar-refractivity contribution in [3.8, 4) is 11.4 Å². The van der Waals surface area contributed by atoms with Crippen LogP contribution in [0.5, 0.6) is 0 Å². The SMILES string of the molecule is CCN(Cc1ccccc1)C(=O)Cn1nnc(-c2ccccc2Br)n1. The van der Waals surface area contributed by atoms with Crippen molar-refractivity contribution in [3.63, 3.8) is 0 Å². The van der Waals surface area contributed by atoms with Crippen LogP contribution < -0.4 is 0 Å². The van der Waals surface area contributed by atoms with Crippen molar-refractivity contribution < 1.29 is 4.79 Å². The van der Waals surface area contributed by atoms with Crippen LogP contribution in [0.15, 0.2) is 59.1 Å². The van der Waals surface area contributed by atoms with E-state index < -0.39 is 0 Å². The molecule has 25 heavy (non-hydrogen) atoms. The molecule has 0 unspecified atom stereocenters. The van der Waals surface area contributed by atoms with Gasteiger partial charge in [-0.25, -0.2) is 0 Å². The molecular formula is C18H18BrN5O. The van der Waals surface area contributed by atoms with Crippen molar-refractivity contribution in [1.82, 2.24) is 25.1 Å². The standard InChI is InChI=1S/C18H18BrN5O/c1-2-23(12-14-8-4-3-5-9-14)17(25)13-24-21-18(20-22-24)15-10-6-7-11-16(15)19/h3-11H,2,12-13H2,1H3. The monoisotopic (exact) mass is 399 g/mol. The Morgan fingerprint density at radius 1 is 1.12 bits per heavy atom. The second-order valence-electron chi connectivity index (χ2n) is 5.52. The van der Waals surface area contributed by atoms with Crippen LogP contribution in [0, 0.1) is 0 Å². The summed E-state index contributed by atoms with van der Waals surface area (Å²) in [6.45, 7) is 3.22. The van der Waals surface area contributed by atoms with Gasteiger partial charge in [0.1, 0.15) is 6.54 Å². The van der Waals surface area contributed by atoms with Crippen molar-refractivity contribution >= 4 is 21.8 Å². The fraction of sp³-hybridized carbons (Fsp3) is 0.222. The minimum absolute atomic E-state index is 0.0394. The lowest BCUT2D eigenvalue weighted by atomic mass is 10.2. The van der Waals surface area contributed by atoms with E-state index in [4.69, 9.17) is 0 Å². The Bertz CT molecular complexity index is 849. The molecule has 2 aromatic carbocycles. The highest BCUT2D eigenvalue weighted by molar-refractivity contribution is 9.10. The van der Waals surface area contributed by atoms with E-state index in [1.54, 1.807) is 4.90 Å². The van der Waals surface area contributed by atoms with Crippen molar-refractivity contribution in [2.24, 2.45) is 0 Å². The molecule has 0 radical (unpaired) electrons. The van der Waals surface area contributed by atoms with E-state index in [1.807, 2.05) is 61.5 Å². The number of halogens is 1. The van der Waals surface area contributed by atoms with E-state index >= 15 is 0 Å². The minimum Gasteiger partial charge on any atom is -0.337 e. The first-order valence-electron chi connectivity index (χ1n) is 8.01. The maximum atomic E-state index is 12.5. The fourth-order valence-corrected chi connectivity index (χ4v) is 2.92. The van der Waals surface area contributed by atoms with E-state index in [9.17, 15) is 4.79 Å². The summed E-state index contributed by atoms with van der Waals surface area (Å²) in [5, 5.41) is 12.4. The van der Waals surface area contributed by atoms with Gasteiger partial charge in [0.15, 0.2) is 0 Å². The minimum atomic E-state index is -0.0394. The summed E-state index contributed by atoms with van der Waals surface area (Å²) >= 11 is 3.47. The number of likely N-dealkylation sites (N-methyl/N-ethyl adjacent to an activating group) is 1. The number of rotatable bonds is 6. The summed E-state index contributed by atoms with van der Waals surface area (Å²) < 4.78 is 0.889. The Labute approximate surface area is 154 Å². The smallest absolute Gasteiger partial charge is 0.246 e. The average molecular weight is 400 g/mol. The van der Waals surface area contributed by atoms with Crippen LogP contribution >= 0.6 is 15.9 Å². The van der Waals surface area contributed by atoms with Gasteiger partial charge in [0.2, 0.25) is 11.7 Å². The van der Waals surface area contributed by atoms with Gasteiger partial charge in [-0.3, -0.25) is 4.79 Å². The van der Waals surface area contributed by atoms with Gasteiger partial charge in [0.25, 0.3) is 0 Å². The van der Waals surface area contributed by atoms with Gasteiger partial charge >= 0.3 is 0 Å². The van der Waals surface area contributed by atoms with Crippen molar-refractivity contribution in [2.75, 3.05) is 6.54 Å². The van der Waals surface area contributed by atoms with Crippen LogP contribution in [0.25, 0.3) is 11.4 Å². The highest BCUT2D eigenvalue weighted by Gasteiger charge is 2.16. The lowest BCUT2D eigenvalue weighted by molar-refractivity contribution is -0.132. The summed E-state index contributed by atoms with van der Waals surface area (Å²) in [7, 11) is 0. The van der Waals surface area contributed by atoms with E-state index in [-0.39, 0.29) is 12.5 Å². The van der Waals surface area contributed by atoms with E-state index in [0.717, 1.165) is 15.6 Å². The molecule has 0 saturated heterocycles. The quantitative estimate of drug-likeness (QED) is 0.638. The number of hydrogen-bond acceptors (Lipinski definition) is 4. The van der Waals surface area contributed by atoms with Crippen LogP contribution in [0.1, 0.15) is 12.5 Å². The zero-order chi connectivity index (χ0) is 17.6. The van der Waals surface area contributed by atoms with E-state index in [1.165, 1.54) is 4.80 Å². The normalized spacial score (nSPS) is 10.6. The molecule has 128 valence electrons. The van der Waals surface area contributed by atoms with Crippen LogP contribution in [-0.4, -0.2) is 37.6 Å². The third kappa shape index (κ3) is 4.30. The highest BCUT2D eigenvalue weighted by atomic mass is 79.9. The molecule has 1 aromatic heterocycles. The molecule has 3 aromatic rings. The number of tetrazole rings is 1. The lowest BCUT2D eigenvalue weighted by Crippen LogP contribution is -2.33. The molecule has 3 rings (SSSR count). The van der Waals surface area contributed by atoms with E-state index in [2.05, 4.69) is 31.3 Å². The topological polar surface area (TPSA) is 63.9 Å². The van der Waals surface area contributed by atoms with Crippen LogP contribution in [-0.2, 0) is 17.9 Å². The number of amides is 1. The molecule has 0 spiro atoms. The first-order chi connectivity index (χ1) is 12.2. The lowest BCUT2D eigenvalue weighted by Gasteiger charge is -2.20. The number of carbonyl (C=O) groups is 1. The number of aromatic nitrogens is 4. The second-order valence-corrected chi connectivity index (χ2v) is 6.37. The van der Waals surface area contributed by atoms with Crippen LogP contribution in [0.2, 0.25) is 0 Å². The van der Waals surface area contributed by atoms with Crippen LogP contribution in [0.3, 0.4) is 0 Å². The molecule has 0 aliphatic carbocycles. The molecule has 0 fully saturated rings. The predicted molar refractivity (Wildman–Crippen MR) is 98.5 cm³/mol. The van der Waals surface area contributed by atoms with Gasteiger partial charge in [-0.2, -0.15) is 4.80 Å². The summed E-state index contributed by atoms with van der Waals surface area (Å²) in [5.41, 5.74) is 1.94. The molecular weight excluding hydrogens is 382 g/mol. The highest BCUT2D eigenvalue weighted by Crippen LogP contribution is 2.24. The predicted octanol–water partition coefficient (Wildman–Crippen LogP) is 3.15. The van der Waals surface area contributed by atoms with Gasteiger partial charge < -0.3 is 4.90 Å². The molecule has 0 saturated carbocycles. The zero-order valence-corrected chi connectivity index (χ0v) is 15.4. The molecule has 0 bridgehead atoms. The van der Waals surface area contributed by atoms with E-state index in [0.29, 0.717) is 18.9 Å². The number of hydrogen-bond donors (Lipinski definition) is 0. The zero-order valence-electron chi connectivity index (χ0n) is 13.8. The molecule has 0 aliphatic rings. The number of carbonyl (C=O) groups excluding carboxylic acids is 1.